The fourth-order valence-corrected chi connectivity index (χ4v) is 2.11. The van der Waals surface area contributed by atoms with E-state index >= 15 is 0 Å². The van der Waals surface area contributed by atoms with Crippen LogP contribution in [0.1, 0.15) is 28.4 Å². The molecule has 1 rings (SSSR count). The number of hydrogen-bond donors (Lipinski definition) is 0. The molecule has 0 atom stereocenters. The molecule has 1 aromatic rings. The number of aryl methyl sites for hydroxylation is 1. The highest BCUT2D eigenvalue weighted by Gasteiger charge is 2.36. The minimum Gasteiger partial charge on any atom is -0.294 e. The zero-order valence-electron chi connectivity index (χ0n) is 8.07. The summed E-state index contributed by atoms with van der Waals surface area (Å²) in [6.45, 7) is 2.76. The van der Waals surface area contributed by atoms with E-state index in [2.05, 4.69) is 15.9 Å². The average molecular weight is 281 g/mol. The summed E-state index contributed by atoms with van der Waals surface area (Å²) in [6.07, 6.45) is -4.52. The molecule has 0 bridgehead atoms. The fraction of sp³-hybridized carbons (Fsp3) is 0.300. The molecule has 1 aromatic carbocycles. The van der Waals surface area contributed by atoms with Gasteiger partial charge >= 0.3 is 6.18 Å². The van der Waals surface area contributed by atoms with Crippen molar-refractivity contribution in [3.8, 4) is 0 Å². The monoisotopic (exact) mass is 280 g/mol. The SMILES string of the molecule is CC(=O)c1cc(C)cc(Br)c1C(F)(F)F. The van der Waals surface area contributed by atoms with E-state index in [0.717, 1.165) is 6.92 Å². The van der Waals surface area contributed by atoms with Crippen molar-refractivity contribution in [1.29, 1.82) is 0 Å². The predicted octanol–water partition coefficient (Wildman–Crippen LogP) is 3.98. The van der Waals surface area contributed by atoms with Crippen molar-refractivity contribution in [2.75, 3.05) is 0 Å². The summed E-state index contributed by atoms with van der Waals surface area (Å²) in [4.78, 5) is 11.1. The summed E-state index contributed by atoms with van der Waals surface area (Å²) in [5, 5.41) is 0. The van der Waals surface area contributed by atoms with Gasteiger partial charge in [-0.1, -0.05) is 15.9 Å². The molecule has 0 fully saturated rings. The van der Waals surface area contributed by atoms with Crippen LogP contribution in [0, 0.1) is 6.92 Å². The van der Waals surface area contributed by atoms with Crippen molar-refractivity contribution in [3.05, 3.63) is 33.3 Å². The Hall–Kier alpha value is -0.840. The maximum atomic E-state index is 12.6. The Morgan fingerprint density at radius 3 is 2.27 bits per heavy atom. The second kappa shape index (κ2) is 3.96. The number of carbonyl (C=O) groups excluding carboxylic acids is 1. The van der Waals surface area contributed by atoms with E-state index in [1.807, 2.05) is 0 Å². The Labute approximate surface area is 93.4 Å². The summed E-state index contributed by atoms with van der Waals surface area (Å²) in [5.41, 5.74) is -0.588. The molecule has 0 saturated heterocycles. The van der Waals surface area contributed by atoms with Crippen molar-refractivity contribution in [2.45, 2.75) is 20.0 Å². The van der Waals surface area contributed by atoms with E-state index in [0.29, 0.717) is 5.56 Å². The van der Waals surface area contributed by atoms with Crippen molar-refractivity contribution in [1.82, 2.24) is 0 Å². The number of alkyl halides is 3. The number of ketones is 1. The van der Waals surface area contributed by atoms with Gasteiger partial charge in [-0.15, -0.1) is 0 Å². The largest absolute Gasteiger partial charge is 0.418 e. The van der Waals surface area contributed by atoms with Crippen LogP contribution in [0.2, 0.25) is 0 Å². The molecule has 82 valence electrons. The van der Waals surface area contributed by atoms with Crippen LogP contribution in [0.3, 0.4) is 0 Å². The van der Waals surface area contributed by atoms with Crippen LogP contribution in [-0.4, -0.2) is 5.78 Å². The first-order valence-electron chi connectivity index (χ1n) is 4.11. The second-order valence-electron chi connectivity index (χ2n) is 3.22. The van der Waals surface area contributed by atoms with Gasteiger partial charge in [0.05, 0.1) is 5.56 Å². The summed E-state index contributed by atoms with van der Waals surface area (Å²) in [7, 11) is 0. The molecule has 0 N–H and O–H groups in total. The number of rotatable bonds is 1. The number of halogens is 4. The van der Waals surface area contributed by atoms with Gasteiger partial charge in [0.1, 0.15) is 0 Å². The van der Waals surface area contributed by atoms with Crippen LogP contribution in [0.25, 0.3) is 0 Å². The van der Waals surface area contributed by atoms with Crippen LogP contribution in [0.5, 0.6) is 0 Å². The van der Waals surface area contributed by atoms with E-state index in [9.17, 15) is 18.0 Å². The lowest BCUT2D eigenvalue weighted by Crippen LogP contribution is -2.13. The molecule has 0 aliphatic carbocycles. The Morgan fingerprint density at radius 2 is 1.87 bits per heavy atom. The Kier molecular flexibility index (Phi) is 3.23. The molecule has 0 aliphatic rings. The van der Waals surface area contributed by atoms with Crippen molar-refractivity contribution in [2.24, 2.45) is 0 Å². The van der Waals surface area contributed by atoms with E-state index in [1.165, 1.54) is 12.1 Å². The molecule has 15 heavy (non-hydrogen) atoms. The first-order chi connectivity index (χ1) is 6.73. The van der Waals surface area contributed by atoms with E-state index < -0.39 is 17.5 Å². The Bertz CT molecular complexity index is 410. The normalized spacial score (nSPS) is 11.6. The zero-order valence-corrected chi connectivity index (χ0v) is 9.66. The molecule has 0 heterocycles. The quantitative estimate of drug-likeness (QED) is 0.711. The number of benzene rings is 1. The topological polar surface area (TPSA) is 17.1 Å². The Morgan fingerprint density at radius 1 is 1.33 bits per heavy atom. The summed E-state index contributed by atoms with van der Waals surface area (Å²) in [6, 6.07) is 2.59. The van der Waals surface area contributed by atoms with Gasteiger partial charge in [-0.05, 0) is 31.5 Å². The van der Waals surface area contributed by atoms with Gasteiger partial charge in [0.15, 0.2) is 5.78 Å². The molecule has 0 amide bonds. The highest BCUT2D eigenvalue weighted by molar-refractivity contribution is 9.10. The van der Waals surface area contributed by atoms with E-state index in [4.69, 9.17) is 0 Å². The van der Waals surface area contributed by atoms with E-state index in [-0.39, 0.29) is 10.0 Å². The fourth-order valence-electron chi connectivity index (χ4n) is 1.31. The Balaban J connectivity index is 3.55. The second-order valence-corrected chi connectivity index (χ2v) is 4.08. The molecule has 0 aromatic heterocycles. The maximum Gasteiger partial charge on any atom is 0.418 e. The highest BCUT2D eigenvalue weighted by atomic mass is 79.9. The number of carbonyl (C=O) groups is 1. The minimum absolute atomic E-state index is 0.0970. The van der Waals surface area contributed by atoms with Crippen LogP contribution in [-0.2, 0) is 6.18 Å². The molecule has 0 saturated carbocycles. The molecule has 5 heteroatoms. The van der Waals surface area contributed by atoms with Crippen LogP contribution in [0.4, 0.5) is 13.2 Å². The van der Waals surface area contributed by atoms with Crippen LogP contribution in [0.15, 0.2) is 16.6 Å². The van der Waals surface area contributed by atoms with Crippen molar-refractivity contribution < 1.29 is 18.0 Å². The molecule has 0 unspecified atom stereocenters. The molecule has 0 radical (unpaired) electrons. The first kappa shape index (κ1) is 12.2. The zero-order chi connectivity index (χ0) is 11.8. The van der Waals surface area contributed by atoms with Crippen molar-refractivity contribution >= 4 is 21.7 Å². The molecule has 0 aliphatic heterocycles. The third-order valence-corrected chi connectivity index (χ3v) is 2.52. The summed E-state index contributed by atoms with van der Waals surface area (Å²) >= 11 is 2.83. The van der Waals surface area contributed by atoms with Gasteiger partial charge in [-0.2, -0.15) is 13.2 Å². The lowest BCUT2D eigenvalue weighted by atomic mass is 10.0. The lowest BCUT2D eigenvalue weighted by molar-refractivity contribution is -0.138. The smallest absolute Gasteiger partial charge is 0.294 e. The lowest BCUT2D eigenvalue weighted by Gasteiger charge is -2.13. The van der Waals surface area contributed by atoms with Gasteiger partial charge in [-0.25, -0.2) is 0 Å². The maximum absolute atomic E-state index is 12.6. The molecular weight excluding hydrogens is 273 g/mol. The van der Waals surface area contributed by atoms with Crippen molar-refractivity contribution in [3.63, 3.8) is 0 Å². The third-order valence-electron chi connectivity index (χ3n) is 1.90. The standard InChI is InChI=1S/C10H8BrF3O/c1-5-3-7(6(2)15)9(8(11)4-5)10(12,13)14/h3-4H,1-2H3. The first-order valence-corrected chi connectivity index (χ1v) is 4.91. The van der Waals surface area contributed by atoms with Crippen LogP contribution >= 0.6 is 15.9 Å². The van der Waals surface area contributed by atoms with Gasteiger partial charge in [0, 0.05) is 10.0 Å². The van der Waals surface area contributed by atoms with Crippen LogP contribution < -0.4 is 0 Å². The minimum atomic E-state index is -4.52. The summed E-state index contributed by atoms with van der Waals surface area (Å²) in [5.74, 6) is -0.591. The number of Topliss-reactive ketones (excluding diaryl/α,β-unsaturated/α-hetero) is 1. The molecule has 0 spiro atoms. The number of hydrogen-bond acceptors (Lipinski definition) is 1. The third kappa shape index (κ3) is 2.59. The van der Waals surface area contributed by atoms with E-state index in [1.54, 1.807) is 6.92 Å². The van der Waals surface area contributed by atoms with Gasteiger partial charge in [0.25, 0.3) is 0 Å². The molecule has 1 nitrogen and oxygen atoms in total. The summed E-state index contributed by atoms with van der Waals surface area (Å²) < 4.78 is 37.8. The average Bonchev–Trinajstić information content (AvgIpc) is 1.99. The van der Waals surface area contributed by atoms with Gasteiger partial charge in [-0.3, -0.25) is 4.79 Å². The predicted molar refractivity (Wildman–Crippen MR) is 53.9 cm³/mol. The van der Waals surface area contributed by atoms with Gasteiger partial charge in [0.2, 0.25) is 0 Å². The van der Waals surface area contributed by atoms with Gasteiger partial charge < -0.3 is 0 Å². The highest BCUT2D eigenvalue weighted by Crippen LogP contribution is 2.38. The molecular formula is C10H8BrF3O.